The number of hydrogen-bond acceptors (Lipinski definition) is 3. The Kier molecular flexibility index (Phi) is 2.83. The van der Waals surface area contributed by atoms with Crippen LogP contribution in [0.3, 0.4) is 0 Å². The van der Waals surface area contributed by atoms with E-state index in [0.717, 1.165) is 12.1 Å². The molecule has 1 aliphatic rings. The predicted molar refractivity (Wildman–Crippen MR) is 59.2 cm³/mol. The molecular formula is C12H15NO3. The third-order valence-electron chi connectivity index (χ3n) is 3.20. The number of likely N-dealkylation sites (tertiary alicyclic amines) is 1. The van der Waals surface area contributed by atoms with Gasteiger partial charge in [-0.25, -0.2) is 0 Å². The summed E-state index contributed by atoms with van der Waals surface area (Å²) in [6, 6.07) is 6.69. The first-order chi connectivity index (χ1) is 7.59. The summed E-state index contributed by atoms with van der Waals surface area (Å²) in [5.41, 5.74) is 0.949. The van der Waals surface area contributed by atoms with E-state index in [1.54, 1.807) is 24.3 Å². The van der Waals surface area contributed by atoms with Gasteiger partial charge >= 0.3 is 5.97 Å². The summed E-state index contributed by atoms with van der Waals surface area (Å²) in [6.07, 6.45) is 0.678. The van der Waals surface area contributed by atoms with Crippen molar-refractivity contribution in [3.63, 3.8) is 0 Å². The van der Waals surface area contributed by atoms with Gasteiger partial charge in [-0.2, -0.15) is 0 Å². The number of aliphatic carboxylic acids is 1. The molecule has 2 N–H and O–H groups in total. The topological polar surface area (TPSA) is 60.8 Å². The van der Waals surface area contributed by atoms with Crippen molar-refractivity contribution in [3.8, 4) is 5.75 Å². The first-order valence-corrected chi connectivity index (χ1v) is 5.31. The van der Waals surface area contributed by atoms with E-state index in [1.807, 2.05) is 11.9 Å². The van der Waals surface area contributed by atoms with E-state index < -0.39 is 5.97 Å². The van der Waals surface area contributed by atoms with Crippen LogP contribution in [0, 0.1) is 5.92 Å². The van der Waals surface area contributed by atoms with Crippen LogP contribution in [-0.4, -0.2) is 34.7 Å². The predicted octanol–water partition coefficient (Wildman–Crippen LogP) is 1.47. The fourth-order valence-electron chi connectivity index (χ4n) is 2.36. The van der Waals surface area contributed by atoms with Gasteiger partial charge in [-0.05, 0) is 37.7 Å². The number of rotatable bonds is 2. The van der Waals surface area contributed by atoms with E-state index in [9.17, 15) is 9.90 Å². The molecule has 1 heterocycles. The molecule has 4 heteroatoms. The Morgan fingerprint density at radius 3 is 2.56 bits per heavy atom. The average molecular weight is 221 g/mol. The zero-order chi connectivity index (χ0) is 11.7. The van der Waals surface area contributed by atoms with Gasteiger partial charge in [0.15, 0.2) is 0 Å². The zero-order valence-corrected chi connectivity index (χ0v) is 9.13. The number of nitrogens with zero attached hydrogens (tertiary/aromatic N) is 1. The van der Waals surface area contributed by atoms with Crippen molar-refractivity contribution >= 4 is 5.97 Å². The van der Waals surface area contributed by atoms with E-state index in [-0.39, 0.29) is 17.7 Å². The Balaban J connectivity index is 2.29. The van der Waals surface area contributed by atoms with Gasteiger partial charge in [-0.1, -0.05) is 12.1 Å². The summed E-state index contributed by atoms with van der Waals surface area (Å²) in [6.45, 7) is 0.794. The third-order valence-corrected chi connectivity index (χ3v) is 3.20. The maximum Gasteiger partial charge on any atom is 0.308 e. The lowest BCUT2D eigenvalue weighted by molar-refractivity contribution is -0.142. The molecule has 1 fully saturated rings. The second-order valence-corrected chi connectivity index (χ2v) is 4.25. The largest absolute Gasteiger partial charge is 0.508 e. The first kappa shape index (κ1) is 11.0. The van der Waals surface area contributed by atoms with Crippen molar-refractivity contribution < 1.29 is 15.0 Å². The lowest BCUT2D eigenvalue weighted by Gasteiger charge is -2.23. The number of aromatic hydroxyl groups is 1. The number of carboxylic acid groups (broad SMARTS) is 1. The smallest absolute Gasteiger partial charge is 0.308 e. The molecule has 2 atom stereocenters. The molecule has 0 aliphatic carbocycles. The van der Waals surface area contributed by atoms with Crippen LogP contribution >= 0.6 is 0 Å². The van der Waals surface area contributed by atoms with Crippen LogP contribution in [0.2, 0.25) is 0 Å². The van der Waals surface area contributed by atoms with Crippen molar-refractivity contribution in [2.24, 2.45) is 5.92 Å². The van der Waals surface area contributed by atoms with E-state index in [2.05, 4.69) is 0 Å². The summed E-state index contributed by atoms with van der Waals surface area (Å²) >= 11 is 0. The van der Waals surface area contributed by atoms with Gasteiger partial charge < -0.3 is 10.2 Å². The highest BCUT2D eigenvalue weighted by Gasteiger charge is 2.37. The third kappa shape index (κ3) is 1.88. The van der Waals surface area contributed by atoms with Gasteiger partial charge in [0.25, 0.3) is 0 Å². The van der Waals surface area contributed by atoms with Crippen molar-refractivity contribution in [1.29, 1.82) is 0 Å². The maximum atomic E-state index is 11.1. The fourth-order valence-corrected chi connectivity index (χ4v) is 2.36. The van der Waals surface area contributed by atoms with Crippen molar-refractivity contribution in [2.75, 3.05) is 13.6 Å². The lowest BCUT2D eigenvalue weighted by Crippen LogP contribution is -2.25. The van der Waals surface area contributed by atoms with E-state index >= 15 is 0 Å². The summed E-state index contributed by atoms with van der Waals surface area (Å²) in [5, 5.41) is 18.4. The molecule has 0 spiro atoms. The van der Waals surface area contributed by atoms with Crippen molar-refractivity contribution in [3.05, 3.63) is 29.8 Å². The minimum absolute atomic E-state index is 0.0851. The van der Waals surface area contributed by atoms with Crippen LogP contribution in [-0.2, 0) is 4.79 Å². The minimum atomic E-state index is -0.748. The zero-order valence-electron chi connectivity index (χ0n) is 9.13. The molecule has 4 nitrogen and oxygen atoms in total. The molecule has 2 rings (SSSR count). The van der Waals surface area contributed by atoms with Gasteiger partial charge in [-0.15, -0.1) is 0 Å². The molecule has 0 amide bonds. The number of carboxylic acids is 1. The highest BCUT2D eigenvalue weighted by Crippen LogP contribution is 2.36. The van der Waals surface area contributed by atoms with Crippen LogP contribution in [0.25, 0.3) is 0 Å². The molecule has 86 valence electrons. The standard InChI is InChI=1S/C12H15NO3/c1-13-7-6-10(12(15)16)11(13)8-2-4-9(14)5-3-8/h2-5,10-11,14H,6-7H2,1H3,(H,15,16). The van der Waals surface area contributed by atoms with Crippen molar-refractivity contribution in [1.82, 2.24) is 4.90 Å². The molecule has 1 aliphatic heterocycles. The second-order valence-electron chi connectivity index (χ2n) is 4.25. The van der Waals surface area contributed by atoms with Crippen LogP contribution in [0.5, 0.6) is 5.75 Å². The van der Waals surface area contributed by atoms with Gasteiger partial charge in [0.05, 0.1) is 5.92 Å². The number of carbonyl (C=O) groups is 1. The Hall–Kier alpha value is -1.55. The summed E-state index contributed by atoms with van der Waals surface area (Å²) in [5.74, 6) is -0.895. The quantitative estimate of drug-likeness (QED) is 0.794. The Morgan fingerprint density at radius 1 is 1.38 bits per heavy atom. The van der Waals surface area contributed by atoms with Crippen molar-refractivity contribution in [2.45, 2.75) is 12.5 Å². The van der Waals surface area contributed by atoms with E-state index in [1.165, 1.54) is 0 Å². The molecule has 0 saturated carbocycles. The average Bonchev–Trinajstić information content (AvgIpc) is 2.62. The summed E-state index contributed by atoms with van der Waals surface area (Å²) in [4.78, 5) is 13.2. The Bertz CT molecular complexity index is 388. The summed E-state index contributed by atoms with van der Waals surface area (Å²) < 4.78 is 0. The Labute approximate surface area is 94.1 Å². The van der Waals surface area contributed by atoms with Crippen LogP contribution in [0.1, 0.15) is 18.0 Å². The molecular weight excluding hydrogens is 206 g/mol. The monoisotopic (exact) mass is 221 g/mol. The SMILES string of the molecule is CN1CCC(C(=O)O)C1c1ccc(O)cc1. The first-order valence-electron chi connectivity index (χ1n) is 5.31. The number of benzene rings is 1. The number of phenolic OH excluding ortho intramolecular Hbond substituents is 1. The molecule has 1 aromatic rings. The Morgan fingerprint density at radius 2 is 2.00 bits per heavy atom. The van der Waals surface area contributed by atoms with Gasteiger partial charge in [-0.3, -0.25) is 9.69 Å². The summed E-state index contributed by atoms with van der Waals surface area (Å²) in [7, 11) is 1.93. The minimum Gasteiger partial charge on any atom is -0.508 e. The molecule has 1 aromatic carbocycles. The number of hydrogen-bond donors (Lipinski definition) is 2. The fraction of sp³-hybridized carbons (Fsp3) is 0.417. The molecule has 1 saturated heterocycles. The van der Waals surface area contributed by atoms with Gasteiger partial charge in [0.1, 0.15) is 5.75 Å². The number of phenols is 1. The highest BCUT2D eigenvalue weighted by molar-refractivity contribution is 5.71. The molecule has 0 radical (unpaired) electrons. The second kappa shape index (κ2) is 4.14. The van der Waals surface area contributed by atoms with E-state index in [0.29, 0.717) is 6.42 Å². The molecule has 16 heavy (non-hydrogen) atoms. The van der Waals surface area contributed by atoms with Gasteiger partial charge in [0.2, 0.25) is 0 Å². The maximum absolute atomic E-state index is 11.1. The van der Waals surface area contributed by atoms with Crippen LogP contribution < -0.4 is 0 Å². The van der Waals surface area contributed by atoms with Crippen LogP contribution in [0.4, 0.5) is 0 Å². The lowest BCUT2D eigenvalue weighted by atomic mass is 9.94. The normalized spacial score (nSPS) is 25.8. The molecule has 2 unspecified atom stereocenters. The molecule has 0 bridgehead atoms. The highest BCUT2D eigenvalue weighted by atomic mass is 16.4. The van der Waals surface area contributed by atoms with Crippen LogP contribution in [0.15, 0.2) is 24.3 Å². The van der Waals surface area contributed by atoms with E-state index in [4.69, 9.17) is 5.11 Å². The van der Waals surface area contributed by atoms with Gasteiger partial charge in [0, 0.05) is 6.04 Å². The molecule has 0 aromatic heterocycles.